The first-order chi connectivity index (χ1) is 14.6. The predicted octanol–water partition coefficient (Wildman–Crippen LogP) is 4.19. The molecule has 0 bridgehead atoms. The second kappa shape index (κ2) is 6.85. The number of nitrogens with two attached hydrogens (primary N) is 1. The predicted molar refractivity (Wildman–Crippen MR) is 107 cm³/mol. The highest BCUT2D eigenvalue weighted by molar-refractivity contribution is 6.09. The van der Waals surface area contributed by atoms with Gasteiger partial charge < -0.3 is 5.73 Å². The van der Waals surface area contributed by atoms with E-state index in [0.717, 1.165) is 31.3 Å². The average molecular weight is 439 g/mol. The number of allylic oxidation sites excluding steroid dienone is 2. The Bertz CT molecular complexity index is 1020. The Balaban J connectivity index is 1.43. The molecule has 0 aromatic carbocycles. The lowest BCUT2D eigenvalue weighted by molar-refractivity contribution is -0.458. The van der Waals surface area contributed by atoms with Gasteiger partial charge >= 0.3 is 6.18 Å². The number of nitrogen functional groups attached to an aromatic ring is 1. The van der Waals surface area contributed by atoms with Crippen LogP contribution in [-0.2, 0) is 6.18 Å². The van der Waals surface area contributed by atoms with Crippen LogP contribution in [0.4, 0.5) is 27.8 Å². The SMILES string of the molecule is CC12CC(N3CCCC3)C=C1C2C1=[N+](CC(F)F)C(c2cnc(N)c(C(F)(F)F)c2)=C1. The van der Waals surface area contributed by atoms with Crippen LogP contribution in [0.2, 0.25) is 0 Å². The highest BCUT2D eigenvalue weighted by Gasteiger charge is 2.66. The molecule has 0 amide bonds. The molecule has 2 aliphatic carbocycles. The van der Waals surface area contributed by atoms with E-state index in [2.05, 4.69) is 22.9 Å². The first-order valence-corrected chi connectivity index (χ1v) is 10.5. The number of anilines is 1. The minimum absolute atomic E-state index is 0.0534. The summed E-state index contributed by atoms with van der Waals surface area (Å²) in [6.07, 6.45) is 1.33. The zero-order valence-electron chi connectivity index (χ0n) is 17.1. The Morgan fingerprint density at radius 3 is 2.58 bits per heavy atom. The average Bonchev–Trinajstić information content (AvgIpc) is 3.09. The maximum atomic E-state index is 13.3. The van der Waals surface area contributed by atoms with Crippen LogP contribution in [0.25, 0.3) is 5.70 Å². The fraction of sp³-hybridized carbons (Fsp3) is 0.545. The monoisotopic (exact) mass is 439 g/mol. The van der Waals surface area contributed by atoms with Crippen LogP contribution in [0, 0.1) is 11.3 Å². The molecule has 2 aliphatic heterocycles. The molecule has 3 unspecified atom stereocenters. The lowest BCUT2D eigenvalue weighted by Crippen LogP contribution is -2.36. The minimum atomic E-state index is -4.66. The first kappa shape index (κ1) is 20.6. The summed E-state index contributed by atoms with van der Waals surface area (Å²) in [5.74, 6) is -0.569. The standard InChI is InChI=1S/C22H23F5N4/c1-21-9-13(30-4-2-3-5-30)7-14(21)19(21)17-8-16(31(17)11-18(23)24)12-6-15(22(25,26)27)20(28)29-10-12/h6-8,10,13,18-19,28H,2-5,9,11H2,1H3/p+1. The Labute approximate surface area is 176 Å². The van der Waals surface area contributed by atoms with Gasteiger partial charge in [0.1, 0.15) is 5.82 Å². The molecule has 0 spiro atoms. The molecule has 4 nitrogen and oxygen atoms in total. The van der Waals surface area contributed by atoms with E-state index in [1.165, 1.54) is 29.2 Å². The van der Waals surface area contributed by atoms with Crippen molar-refractivity contribution in [2.24, 2.45) is 11.3 Å². The van der Waals surface area contributed by atoms with E-state index < -0.39 is 30.5 Å². The van der Waals surface area contributed by atoms with Gasteiger partial charge in [-0.25, -0.2) is 13.8 Å². The van der Waals surface area contributed by atoms with Gasteiger partial charge in [-0.3, -0.25) is 4.90 Å². The summed E-state index contributed by atoms with van der Waals surface area (Å²) in [5, 5.41) is 0. The minimum Gasteiger partial charge on any atom is -0.383 e. The van der Waals surface area contributed by atoms with Gasteiger partial charge in [0.15, 0.2) is 5.71 Å². The molecule has 9 heteroatoms. The van der Waals surface area contributed by atoms with Crippen LogP contribution in [-0.4, -0.2) is 52.3 Å². The van der Waals surface area contributed by atoms with Gasteiger partial charge in [-0.05, 0) is 38.4 Å². The zero-order chi connectivity index (χ0) is 22.1. The van der Waals surface area contributed by atoms with Crippen LogP contribution in [0.15, 0.2) is 30.0 Å². The molecule has 2 fully saturated rings. The Hall–Kier alpha value is -2.29. The van der Waals surface area contributed by atoms with Crippen molar-refractivity contribution in [2.45, 2.75) is 44.8 Å². The summed E-state index contributed by atoms with van der Waals surface area (Å²) in [6.45, 7) is 3.80. The van der Waals surface area contributed by atoms with Crippen molar-refractivity contribution in [3.8, 4) is 0 Å². The molecule has 31 heavy (non-hydrogen) atoms. The molecule has 166 valence electrons. The summed E-state index contributed by atoms with van der Waals surface area (Å²) >= 11 is 0. The van der Waals surface area contributed by atoms with Crippen molar-refractivity contribution in [2.75, 3.05) is 25.4 Å². The summed E-state index contributed by atoms with van der Waals surface area (Å²) in [4.78, 5) is 6.13. The molecular formula is C22H24F5N4+. The first-order valence-electron chi connectivity index (χ1n) is 10.5. The van der Waals surface area contributed by atoms with Crippen molar-refractivity contribution in [1.82, 2.24) is 9.88 Å². The van der Waals surface area contributed by atoms with Gasteiger partial charge in [0.25, 0.3) is 6.43 Å². The normalized spacial score (nSPS) is 30.4. The number of alkyl halides is 5. The number of likely N-dealkylation sites (tertiary alicyclic amines) is 1. The molecule has 3 heterocycles. The number of hydrogen-bond donors (Lipinski definition) is 1. The Kier molecular flexibility index (Phi) is 4.55. The molecular weight excluding hydrogens is 415 g/mol. The van der Waals surface area contributed by atoms with Gasteiger partial charge in [-0.15, -0.1) is 0 Å². The number of hydrogen-bond acceptors (Lipinski definition) is 3. The van der Waals surface area contributed by atoms with Gasteiger partial charge in [0, 0.05) is 17.7 Å². The molecule has 2 N–H and O–H groups in total. The van der Waals surface area contributed by atoms with Crippen molar-refractivity contribution in [1.29, 1.82) is 0 Å². The topological polar surface area (TPSA) is 45.2 Å². The van der Waals surface area contributed by atoms with Crippen molar-refractivity contribution >= 4 is 17.2 Å². The van der Waals surface area contributed by atoms with E-state index in [4.69, 9.17) is 5.73 Å². The second-order valence-electron chi connectivity index (χ2n) is 9.10. The largest absolute Gasteiger partial charge is 0.419 e. The van der Waals surface area contributed by atoms with E-state index in [9.17, 15) is 22.0 Å². The fourth-order valence-electron chi connectivity index (χ4n) is 5.56. The Morgan fingerprint density at radius 1 is 1.29 bits per heavy atom. The van der Waals surface area contributed by atoms with Crippen LogP contribution >= 0.6 is 0 Å². The number of rotatable bonds is 5. The number of nitrogens with zero attached hydrogens (tertiary/aromatic N) is 3. The second-order valence-corrected chi connectivity index (χ2v) is 9.10. The van der Waals surface area contributed by atoms with E-state index >= 15 is 0 Å². The summed E-state index contributed by atoms with van der Waals surface area (Å²) in [5.41, 5.74) is 6.77. The quantitative estimate of drug-likeness (QED) is 0.425. The third-order valence-corrected chi connectivity index (χ3v) is 7.16. The van der Waals surface area contributed by atoms with Crippen molar-refractivity contribution in [3.63, 3.8) is 0 Å². The van der Waals surface area contributed by atoms with Crippen LogP contribution in [0.3, 0.4) is 0 Å². The maximum Gasteiger partial charge on any atom is 0.419 e. The number of halogens is 5. The lowest BCUT2D eigenvalue weighted by atomic mass is 9.92. The van der Waals surface area contributed by atoms with Crippen LogP contribution in [0.5, 0.6) is 0 Å². The zero-order valence-corrected chi connectivity index (χ0v) is 17.1. The molecule has 1 aromatic rings. The molecule has 0 radical (unpaired) electrons. The van der Waals surface area contributed by atoms with E-state index in [1.807, 2.05) is 0 Å². The molecule has 1 saturated carbocycles. The van der Waals surface area contributed by atoms with Gasteiger partial charge in [0.2, 0.25) is 12.2 Å². The molecule has 1 aromatic heterocycles. The van der Waals surface area contributed by atoms with E-state index in [0.29, 0.717) is 11.7 Å². The highest BCUT2D eigenvalue weighted by atomic mass is 19.4. The summed E-state index contributed by atoms with van der Waals surface area (Å²) in [7, 11) is 0. The summed E-state index contributed by atoms with van der Waals surface area (Å²) < 4.78 is 67.7. The highest BCUT2D eigenvalue weighted by Crippen LogP contribution is 2.67. The van der Waals surface area contributed by atoms with Crippen LogP contribution < -0.4 is 5.73 Å². The third-order valence-electron chi connectivity index (χ3n) is 7.16. The number of pyridine rings is 1. The molecule has 4 aliphatic rings. The maximum absolute atomic E-state index is 13.3. The van der Waals surface area contributed by atoms with E-state index in [-0.39, 0.29) is 16.9 Å². The fourth-order valence-corrected chi connectivity index (χ4v) is 5.56. The number of aromatic nitrogens is 1. The smallest absolute Gasteiger partial charge is 0.383 e. The van der Waals surface area contributed by atoms with E-state index in [1.54, 1.807) is 6.08 Å². The van der Waals surface area contributed by atoms with Crippen LogP contribution in [0.1, 0.15) is 37.3 Å². The lowest BCUT2D eigenvalue weighted by Gasteiger charge is -2.26. The van der Waals surface area contributed by atoms with Gasteiger partial charge in [0.05, 0.1) is 23.1 Å². The summed E-state index contributed by atoms with van der Waals surface area (Å²) in [6, 6.07) is 1.30. The molecule has 3 atom stereocenters. The molecule has 5 rings (SSSR count). The van der Waals surface area contributed by atoms with Crippen molar-refractivity contribution < 1.29 is 26.5 Å². The Morgan fingerprint density at radius 2 is 2.00 bits per heavy atom. The van der Waals surface area contributed by atoms with Crippen molar-refractivity contribution in [3.05, 3.63) is 41.1 Å². The van der Waals surface area contributed by atoms with Gasteiger partial charge in [-0.2, -0.15) is 17.7 Å². The molecule has 1 saturated heterocycles. The number of fused-ring (bicyclic) bond motifs is 1. The third kappa shape index (κ3) is 3.28. The van der Waals surface area contributed by atoms with Gasteiger partial charge in [-0.1, -0.05) is 18.6 Å².